The summed E-state index contributed by atoms with van der Waals surface area (Å²) in [5.74, 6) is 0. The molecule has 7 N–H and O–H groups in total. The van der Waals surface area contributed by atoms with Crippen LogP contribution in [0.3, 0.4) is 0 Å². The van der Waals surface area contributed by atoms with Gasteiger partial charge in [0.2, 0.25) is 0 Å². The van der Waals surface area contributed by atoms with Gasteiger partial charge in [0.15, 0.2) is 14.9 Å². The van der Waals surface area contributed by atoms with Gasteiger partial charge < -0.3 is 5.48 Å². The predicted octanol–water partition coefficient (Wildman–Crippen LogP) is -0.986. The fraction of sp³-hybridized carbons (Fsp3) is 0. The molecule has 0 aromatic heterocycles. The molecule has 0 rings (SSSR count). The molecule has 0 aromatic carbocycles. The van der Waals surface area contributed by atoms with E-state index in [0.29, 0.717) is 0 Å². The van der Waals surface area contributed by atoms with Gasteiger partial charge in [-0.15, -0.1) is 0 Å². The van der Waals surface area contributed by atoms with E-state index in [1.165, 1.54) is 0 Å². The molecule has 0 amide bonds. The van der Waals surface area contributed by atoms with Crippen molar-refractivity contribution in [3.8, 4) is 0 Å². The highest BCUT2D eigenvalue weighted by molar-refractivity contribution is 2.97. The minimum absolute atomic E-state index is 0. The second-order valence-electron chi connectivity index (χ2n) is 0.366. The van der Waals surface area contributed by atoms with E-state index in [9.17, 15) is 0 Å². The van der Waals surface area contributed by atoms with E-state index in [1.807, 2.05) is 0 Å². The van der Waals surface area contributed by atoms with Gasteiger partial charge in [0.25, 0.3) is 0 Å². The minimum atomic E-state index is 0. The SMILES string of the molecule is O.OO.OO[O+](O)OO. The maximum atomic E-state index is 7.47. The molecule has 0 unspecified atom stereocenters. The van der Waals surface area contributed by atoms with Crippen molar-refractivity contribution < 1.29 is 46.7 Å². The molecule has 0 aliphatic heterocycles. The van der Waals surface area contributed by atoms with Crippen LogP contribution in [0.2, 0.25) is 0 Å². The number of hydrogen-bond donors (Lipinski definition) is 5. The van der Waals surface area contributed by atoms with E-state index in [0.717, 1.165) is 0 Å². The summed E-state index contributed by atoms with van der Waals surface area (Å²) in [6, 6.07) is 0. The molecule has 0 bridgehead atoms. The number of hydrogen-bond acceptors (Lipinski definition) is 7. The summed E-state index contributed by atoms with van der Waals surface area (Å²) in [5, 5.41) is 39.3. The van der Waals surface area contributed by atoms with E-state index in [2.05, 4.69) is 10.1 Å². The summed E-state index contributed by atoms with van der Waals surface area (Å²) in [7, 11) is 0. The van der Waals surface area contributed by atoms with Crippen LogP contribution < -0.4 is 0 Å². The summed E-state index contributed by atoms with van der Waals surface area (Å²) >= 11 is 0. The highest BCUT2D eigenvalue weighted by Crippen LogP contribution is 1.82. The molecule has 0 aliphatic carbocycles. The molecule has 9 heavy (non-hydrogen) atoms. The number of rotatable bonds is 2. The van der Waals surface area contributed by atoms with Crippen LogP contribution in [0.4, 0.5) is 0 Å². The molecule has 0 aliphatic rings. The first kappa shape index (κ1) is 15.9. The third kappa shape index (κ3) is 18.3. The summed E-state index contributed by atoms with van der Waals surface area (Å²) < 4.78 is 0. The molecule has 0 atom stereocenters. The van der Waals surface area contributed by atoms with Gasteiger partial charge in [-0.1, -0.05) is 0 Å². The molecular weight excluding hydrogens is 144 g/mol. The van der Waals surface area contributed by atoms with E-state index in [4.69, 9.17) is 26.3 Å². The maximum Gasteiger partial charge on any atom is 0.195 e. The van der Waals surface area contributed by atoms with Gasteiger partial charge in [-0.25, -0.2) is 0 Å². The second kappa shape index (κ2) is 15.6. The van der Waals surface area contributed by atoms with Crippen molar-refractivity contribution in [1.29, 1.82) is 0 Å². The molecule has 0 radical (unpaired) electrons. The predicted molar refractivity (Wildman–Crippen MR) is 20.0 cm³/mol. The van der Waals surface area contributed by atoms with Crippen molar-refractivity contribution in [2.75, 3.05) is 0 Å². The van der Waals surface area contributed by atoms with Crippen LogP contribution in [0, 0.1) is 0 Å². The minimum Gasteiger partial charge on any atom is -0.412 e. The Labute approximate surface area is 48.1 Å². The molecule has 0 fully saturated rings. The van der Waals surface area contributed by atoms with Crippen molar-refractivity contribution in [3.05, 3.63) is 0 Å². The van der Waals surface area contributed by atoms with Gasteiger partial charge >= 0.3 is 0 Å². The molecule has 9 heteroatoms. The lowest BCUT2D eigenvalue weighted by atomic mass is 14.1. The van der Waals surface area contributed by atoms with E-state index in [1.54, 1.807) is 0 Å². The lowest BCUT2D eigenvalue weighted by Crippen LogP contribution is -2.05. The molecule has 0 saturated carbocycles. The van der Waals surface area contributed by atoms with Crippen LogP contribution in [0.25, 0.3) is 0 Å². The van der Waals surface area contributed by atoms with Gasteiger partial charge in [0, 0.05) is 0 Å². The monoisotopic (exact) mass is 151 g/mol. The van der Waals surface area contributed by atoms with Crippen molar-refractivity contribution in [3.63, 3.8) is 0 Å². The zero-order valence-corrected chi connectivity index (χ0v) is 3.96. The van der Waals surface area contributed by atoms with Crippen molar-refractivity contribution in [1.82, 2.24) is 0 Å². The fourth-order valence-electron chi connectivity index (χ4n) is 0.0136. The van der Waals surface area contributed by atoms with Gasteiger partial charge in [-0.05, 0) is 5.26 Å². The Balaban J connectivity index is -0.000000109. The Hall–Kier alpha value is -0.360. The Morgan fingerprint density at radius 1 is 1.00 bits per heavy atom. The van der Waals surface area contributed by atoms with Crippen LogP contribution in [-0.4, -0.2) is 31.8 Å². The Morgan fingerprint density at radius 2 is 1.22 bits per heavy atom. The highest BCUT2D eigenvalue weighted by Gasteiger charge is 2.06. The van der Waals surface area contributed by atoms with E-state index < -0.39 is 0 Å². The summed E-state index contributed by atoms with van der Waals surface area (Å²) in [6.45, 7) is 0. The zero-order valence-electron chi connectivity index (χ0n) is 3.96. The average Bonchev–Trinajstić information content (AvgIpc) is 1.91. The van der Waals surface area contributed by atoms with Crippen molar-refractivity contribution >= 4 is 0 Å². The Bertz CT molecular complexity index is 19.2. The third-order valence-electron chi connectivity index (χ3n) is 0.128. The molecular formula is H7O9+. The largest absolute Gasteiger partial charge is 0.412 e. The van der Waals surface area contributed by atoms with E-state index in [-0.39, 0.29) is 10.3 Å². The van der Waals surface area contributed by atoms with Gasteiger partial charge in [-0.2, -0.15) is 10.5 Å². The smallest absolute Gasteiger partial charge is 0.195 e. The first-order valence-electron chi connectivity index (χ1n) is 1.08. The molecule has 0 aromatic rings. The van der Waals surface area contributed by atoms with Crippen LogP contribution >= 0.6 is 0 Å². The second-order valence-corrected chi connectivity index (χ2v) is 0.366. The summed E-state index contributed by atoms with van der Waals surface area (Å²) in [4.78, 5) is 0.0185. The Morgan fingerprint density at radius 3 is 1.22 bits per heavy atom. The first-order chi connectivity index (χ1) is 3.81. The lowest BCUT2D eigenvalue weighted by Gasteiger charge is -1.82. The van der Waals surface area contributed by atoms with E-state index >= 15 is 0 Å². The first-order valence-corrected chi connectivity index (χ1v) is 1.08. The van der Waals surface area contributed by atoms with Gasteiger partial charge in [-0.3, -0.25) is 10.5 Å². The molecule has 60 valence electrons. The topological polar surface area (TPSA) is 154 Å². The normalized spacial score (nSPS) is 7.33. The van der Waals surface area contributed by atoms with Crippen LogP contribution in [0.5, 0.6) is 0 Å². The highest BCUT2D eigenvalue weighted by atomic mass is 17.9. The summed E-state index contributed by atoms with van der Waals surface area (Å²) in [6.07, 6.45) is 0. The quantitative estimate of drug-likeness (QED) is 0.193. The van der Waals surface area contributed by atoms with Crippen molar-refractivity contribution in [2.24, 2.45) is 0 Å². The zero-order chi connectivity index (χ0) is 6.99. The fourth-order valence-corrected chi connectivity index (χ4v) is 0.0136. The lowest BCUT2D eigenvalue weighted by molar-refractivity contribution is -0.906. The van der Waals surface area contributed by atoms with Gasteiger partial charge in [0.05, 0.1) is 0 Å². The standard InChI is InChI=1S/H2O6.H2O2.H2O/c1-4-6(3)5-2;1-2;/h3H,(H-,1,2);1-2H;1H2/p+1. The average molecular weight is 151 g/mol. The van der Waals surface area contributed by atoms with Crippen LogP contribution in [0.1, 0.15) is 0 Å². The molecule has 9 nitrogen and oxygen atoms in total. The molecule has 0 saturated heterocycles. The maximum absolute atomic E-state index is 7.47. The van der Waals surface area contributed by atoms with Crippen molar-refractivity contribution in [2.45, 2.75) is 0 Å². The van der Waals surface area contributed by atoms with Gasteiger partial charge in [0.1, 0.15) is 0 Å². The van der Waals surface area contributed by atoms with Crippen LogP contribution in [0.15, 0.2) is 0 Å². The van der Waals surface area contributed by atoms with Crippen LogP contribution in [-0.2, 0) is 14.9 Å². The molecule has 0 spiro atoms. The summed E-state index contributed by atoms with van der Waals surface area (Å²) in [5.41, 5.74) is 0. The Kier molecular flexibility index (Phi) is 27.6. The molecule has 0 heterocycles. The third-order valence-corrected chi connectivity index (χ3v) is 0.128.